The van der Waals surface area contributed by atoms with Gasteiger partial charge in [0.15, 0.2) is 0 Å². The number of benzene rings is 1. The molecule has 0 fully saturated rings. The number of phenolic OH excluding ortho intramolecular Hbond substituents is 1. The van der Waals surface area contributed by atoms with Crippen molar-refractivity contribution in [1.29, 1.82) is 0 Å². The summed E-state index contributed by atoms with van der Waals surface area (Å²) < 4.78 is 6.39. The van der Waals surface area contributed by atoms with Crippen LogP contribution in [0.25, 0.3) is 10.4 Å². The van der Waals surface area contributed by atoms with Crippen molar-refractivity contribution in [3.63, 3.8) is 0 Å². The number of fused-ring (bicyclic) bond motifs is 3. The molecule has 1 N–H and O–H groups in total. The number of azide groups is 1. The van der Waals surface area contributed by atoms with Gasteiger partial charge in [0.2, 0.25) is 0 Å². The topological polar surface area (TPSA) is 78.2 Å². The minimum atomic E-state index is -0.240. The van der Waals surface area contributed by atoms with Gasteiger partial charge >= 0.3 is 0 Å². The van der Waals surface area contributed by atoms with Gasteiger partial charge in [-0.15, -0.1) is 0 Å². The van der Waals surface area contributed by atoms with E-state index in [9.17, 15) is 5.11 Å². The second-order valence-corrected chi connectivity index (χ2v) is 8.95. The molecule has 3 atom stereocenters. The summed E-state index contributed by atoms with van der Waals surface area (Å²) in [7, 11) is 0. The van der Waals surface area contributed by atoms with Gasteiger partial charge in [0.25, 0.3) is 0 Å². The van der Waals surface area contributed by atoms with Crippen LogP contribution in [-0.4, -0.2) is 16.7 Å². The zero-order valence-electron chi connectivity index (χ0n) is 18.1. The summed E-state index contributed by atoms with van der Waals surface area (Å²) in [4.78, 5) is 2.89. The average molecular weight is 396 g/mol. The Morgan fingerprint density at radius 3 is 2.90 bits per heavy atom. The summed E-state index contributed by atoms with van der Waals surface area (Å²) in [5.74, 6) is 1.93. The number of hydrogen-bond acceptors (Lipinski definition) is 3. The predicted molar refractivity (Wildman–Crippen MR) is 117 cm³/mol. The SMILES string of the molecule is CCC(C/C=C\CCc1cc(O)c2c(c1)OC(C)(C)[C@@H]1CC=C(C)C[C@@H]21)N=[N+]=[N-]. The van der Waals surface area contributed by atoms with Gasteiger partial charge in [-0.3, -0.25) is 0 Å². The molecule has 2 aliphatic rings. The number of hydrogen-bond donors (Lipinski definition) is 1. The van der Waals surface area contributed by atoms with Crippen LogP contribution in [-0.2, 0) is 6.42 Å². The zero-order chi connectivity index (χ0) is 21.0. The predicted octanol–water partition coefficient (Wildman–Crippen LogP) is 6.97. The molecule has 0 spiro atoms. The van der Waals surface area contributed by atoms with E-state index in [1.165, 1.54) is 5.57 Å². The summed E-state index contributed by atoms with van der Waals surface area (Å²) in [6.07, 6.45) is 11.9. The van der Waals surface area contributed by atoms with Gasteiger partial charge in [-0.2, -0.15) is 0 Å². The third-order valence-corrected chi connectivity index (χ3v) is 6.43. The lowest BCUT2D eigenvalue weighted by Crippen LogP contribution is -2.45. The van der Waals surface area contributed by atoms with Gasteiger partial charge in [0.05, 0.1) is 0 Å². The van der Waals surface area contributed by atoms with Crippen LogP contribution in [0.1, 0.15) is 76.8 Å². The molecular weight excluding hydrogens is 362 g/mol. The highest BCUT2D eigenvalue weighted by molar-refractivity contribution is 5.52. The second-order valence-electron chi connectivity index (χ2n) is 8.95. The fraction of sp³-hybridized carbons (Fsp3) is 0.583. The van der Waals surface area contributed by atoms with E-state index in [4.69, 9.17) is 10.3 Å². The summed E-state index contributed by atoms with van der Waals surface area (Å²) in [6.45, 7) is 8.55. The first-order valence-corrected chi connectivity index (χ1v) is 10.7. The molecule has 29 heavy (non-hydrogen) atoms. The van der Waals surface area contributed by atoms with E-state index in [-0.39, 0.29) is 11.6 Å². The van der Waals surface area contributed by atoms with Crippen molar-refractivity contribution in [2.24, 2.45) is 11.0 Å². The molecule has 0 radical (unpaired) electrons. The van der Waals surface area contributed by atoms with Crippen LogP contribution in [0.15, 0.2) is 41.0 Å². The maximum atomic E-state index is 10.8. The molecular formula is C24H33N3O2. The first kappa shape index (κ1) is 21.3. The van der Waals surface area contributed by atoms with E-state index in [1.807, 2.05) is 13.0 Å². The van der Waals surface area contributed by atoms with Crippen LogP contribution in [0.2, 0.25) is 0 Å². The molecule has 1 heterocycles. The fourth-order valence-corrected chi connectivity index (χ4v) is 4.75. The van der Waals surface area contributed by atoms with Gasteiger partial charge in [-0.1, -0.05) is 35.8 Å². The number of rotatable bonds is 7. The maximum Gasteiger partial charge on any atom is 0.127 e. The molecule has 1 unspecified atom stereocenters. The quantitative estimate of drug-likeness (QED) is 0.234. The monoisotopic (exact) mass is 395 g/mol. The van der Waals surface area contributed by atoms with Crippen LogP contribution < -0.4 is 4.74 Å². The lowest BCUT2D eigenvalue weighted by Gasteiger charge is -2.47. The van der Waals surface area contributed by atoms with Gasteiger partial charge in [0, 0.05) is 28.4 Å². The smallest absolute Gasteiger partial charge is 0.127 e. The van der Waals surface area contributed by atoms with Gasteiger partial charge in [0.1, 0.15) is 17.1 Å². The number of aryl methyl sites for hydroxylation is 1. The van der Waals surface area contributed by atoms with Crippen LogP contribution in [0.5, 0.6) is 11.5 Å². The summed E-state index contributed by atoms with van der Waals surface area (Å²) >= 11 is 0. The van der Waals surface area contributed by atoms with Crippen molar-refractivity contribution in [2.75, 3.05) is 0 Å². The van der Waals surface area contributed by atoms with E-state index in [1.54, 1.807) is 0 Å². The molecule has 0 saturated heterocycles. The van der Waals surface area contributed by atoms with Gasteiger partial charge in [-0.25, -0.2) is 0 Å². The van der Waals surface area contributed by atoms with Crippen LogP contribution in [0.3, 0.4) is 0 Å². The number of phenols is 1. The Morgan fingerprint density at radius 2 is 2.17 bits per heavy atom. The van der Waals surface area contributed by atoms with Crippen molar-refractivity contribution in [2.45, 2.75) is 83.8 Å². The molecule has 0 saturated carbocycles. The second kappa shape index (κ2) is 8.96. The van der Waals surface area contributed by atoms with Crippen molar-refractivity contribution < 1.29 is 9.84 Å². The highest BCUT2D eigenvalue weighted by Gasteiger charge is 2.45. The van der Waals surface area contributed by atoms with E-state index in [2.05, 4.69) is 55.1 Å². The van der Waals surface area contributed by atoms with E-state index < -0.39 is 0 Å². The van der Waals surface area contributed by atoms with Crippen LogP contribution in [0.4, 0.5) is 0 Å². The largest absolute Gasteiger partial charge is 0.508 e. The molecule has 1 aliphatic heterocycles. The molecule has 0 bridgehead atoms. The van der Waals surface area contributed by atoms with E-state index >= 15 is 0 Å². The molecule has 5 nitrogen and oxygen atoms in total. The minimum absolute atomic E-state index is 0.0283. The Morgan fingerprint density at radius 1 is 1.38 bits per heavy atom. The highest BCUT2D eigenvalue weighted by Crippen LogP contribution is 2.54. The lowest BCUT2D eigenvalue weighted by molar-refractivity contribution is 0.00753. The number of aromatic hydroxyl groups is 1. The Bertz CT molecular complexity index is 850. The molecule has 5 heteroatoms. The normalized spacial score (nSPS) is 23.4. The van der Waals surface area contributed by atoms with Crippen LogP contribution >= 0.6 is 0 Å². The van der Waals surface area contributed by atoms with Crippen molar-refractivity contribution in [1.82, 2.24) is 0 Å². The number of nitrogens with zero attached hydrogens (tertiary/aromatic N) is 3. The molecule has 1 aromatic rings. The van der Waals surface area contributed by atoms with E-state index in [0.717, 1.165) is 55.4 Å². The maximum absolute atomic E-state index is 10.8. The van der Waals surface area contributed by atoms with Crippen molar-refractivity contribution >= 4 is 0 Å². The highest BCUT2D eigenvalue weighted by atomic mass is 16.5. The Labute approximate surface area is 174 Å². The van der Waals surface area contributed by atoms with E-state index in [0.29, 0.717) is 17.6 Å². The molecule has 1 aliphatic carbocycles. The third-order valence-electron chi connectivity index (χ3n) is 6.43. The molecule has 0 amide bonds. The summed E-state index contributed by atoms with van der Waals surface area (Å²) in [5, 5.41) is 14.6. The summed E-state index contributed by atoms with van der Waals surface area (Å²) in [5.41, 5.74) is 11.8. The molecule has 156 valence electrons. The minimum Gasteiger partial charge on any atom is -0.508 e. The average Bonchev–Trinajstić information content (AvgIpc) is 2.65. The molecule has 3 rings (SSSR count). The lowest BCUT2D eigenvalue weighted by atomic mass is 9.67. The van der Waals surface area contributed by atoms with Gasteiger partial charge in [-0.05, 0) is 82.5 Å². The fourth-order valence-electron chi connectivity index (χ4n) is 4.75. The van der Waals surface area contributed by atoms with Crippen molar-refractivity contribution in [3.8, 4) is 11.5 Å². The number of ether oxygens (including phenoxy) is 1. The Hall–Kier alpha value is -2.39. The van der Waals surface area contributed by atoms with Crippen LogP contribution in [0, 0.1) is 5.92 Å². The molecule has 1 aromatic carbocycles. The molecule has 0 aromatic heterocycles. The Balaban J connectivity index is 1.72. The first-order chi connectivity index (χ1) is 13.9. The Kier molecular flexibility index (Phi) is 6.59. The zero-order valence-corrected chi connectivity index (χ0v) is 18.1. The third kappa shape index (κ3) is 4.79. The van der Waals surface area contributed by atoms with Crippen molar-refractivity contribution in [3.05, 3.63) is 57.5 Å². The first-order valence-electron chi connectivity index (χ1n) is 10.7. The van der Waals surface area contributed by atoms with Gasteiger partial charge < -0.3 is 9.84 Å². The summed E-state index contributed by atoms with van der Waals surface area (Å²) in [6, 6.07) is 4.05. The standard InChI is InChI=1S/C24H33N3O2/c1-5-18(26-27-25)10-8-6-7-9-17-14-21(28)23-19-13-16(2)11-12-20(19)24(3,4)29-22(23)15-17/h6,8,11,14-15,18-20,28H,5,7,9-10,12-13H2,1-4H3/b8-6-/t18?,19-,20-/m1/s1. The number of allylic oxidation sites excluding steroid dienone is 3.